The fourth-order valence-electron chi connectivity index (χ4n) is 2.73. The number of nitrogens with zero attached hydrogens (tertiary/aromatic N) is 1. The van der Waals surface area contributed by atoms with Gasteiger partial charge in [-0.3, -0.25) is 0 Å². The standard InChI is InChI=1S/C14H15N3O3/c15-11-5-7(19)3-9-10-4-8(20)6-12(16)14(10)17(1-2-18)13(9)11/h3-6,18-20H,1-2,15-16H2. The van der Waals surface area contributed by atoms with Gasteiger partial charge in [0.05, 0.1) is 29.0 Å². The van der Waals surface area contributed by atoms with E-state index in [1.165, 1.54) is 12.1 Å². The SMILES string of the molecule is Nc1cc(O)cc2c3cc(O)cc(N)c3n(CCO)c12. The number of aliphatic hydroxyl groups excluding tert-OH is 1. The van der Waals surface area contributed by atoms with Crippen LogP contribution in [-0.2, 0) is 6.54 Å². The summed E-state index contributed by atoms with van der Waals surface area (Å²) in [5.74, 6) is 0.0833. The molecule has 6 heteroatoms. The zero-order valence-corrected chi connectivity index (χ0v) is 10.7. The highest BCUT2D eigenvalue weighted by Crippen LogP contribution is 2.39. The predicted molar refractivity (Wildman–Crippen MR) is 78.7 cm³/mol. The van der Waals surface area contributed by atoms with Gasteiger partial charge in [-0.05, 0) is 12.1 Å². The second-order valence-electron chi connectivity index (χ2n) is 4.74. The Balaban J connectivity index is 2.59. The Morgan fingerprint density at radius 3 is 1.70 bits per heavy atom. The van der Waals surface area contributed by atoms with E-state index in [4.69, 9.17) is 11.5 Å². The Kier molecular flexibility index (Phi) is 2.62. The van der Waals surface area contributed by atoms with Gasteiger partial charge in [0.15, 0.2) is 0 Å². The molecule has 0 aliphatic carbocycles. The summed E-state index contributed by atoms with van der Waals surface area (Å²) in [6.07, 6.45) is 0. The molecule has 0 atom stereocenters. The monoisotopic (exact) mass is 273 g/mol. The summed E-state index contributed by atoms with van der Waals surface area (Å²) in [6, 6.07) is 6.04. The van der Waals surface area contributed by atoms with Crippen molar-refractivity contribution >= 4 is 33.2 Å². The number of phenolic OH excluding ortho intramolecular Hbond substituents is 2. The van der Waals surface area contributed by atoms with Crippen LogP contribution in [0.2, 0.25) is 0 Å². The van der Waals surface area contributed by atoms with Gasteiger partial charge in [0.1, 0.15) is 11.5 Å². The molecule has 3 rings (SSSR count). The molecule has 0 radical (unpaired) electrons. The Labute approximate surface area is 114 Å². The van der Waals surface area contributed by atoms with E-state index in [9.17, 15) is 15.3 Å². The van der Waals surface area contributed by atoms with Crippen molar-refractivity contribution in [3.05, 3.63) is 24.3 Å². The topological polar surface area (TPSA) is 118 Å². The maximum atomic E-state index is 9.72. The molecule has 7 N–H and O–H groups in total. The Hall–Kier alpha value is -2.60. The number of aromatic nitrogens is 1. The van der Waals surface area contributed by atoms with E-state index in [1.807, 2.05) is 0 Å². The Morgan fingerprint density at radius 2 is 1.30 bits per heavy atom. The highest BCUT2D eigenvalue weighted by molar-refractivity contribution is 6.15. The van der Waals surface area contributed by atoms with E-state index in [-0.39, 0.29) is 18.1 Å². The molecule has 0 saturated heterocycles. The molecule has 0 unspecified atom stereocenters. The van der Waals surface area contributed by atoms with Crippen LogP contribution >= 0.6 is 0 Å². The summed E-state index contributed by atoms with van der Waals surface area (Å²) in [5.41, 5.74) is 14.1. The predicted octanol–water partition coefficient (Wildman–Crippen LogP) is 1.36. The average Bonchev–Trinajstić information content (AvgIpc) is 2.64. The fraction of sp³-hybridized carbons (Fsp3) is 0.143. The van der Waals surface area contributed by atoms with Crippen LogP contribution in [0.4, 0.5) is 11.4 Å². The van der Waals surface area contributed by atoms with Crippen molar-refractivity contribution in [1.29, 1.82) is 0 Å². The van der Waals surface area contributed by atoms with Gasteiger partial charge in [0, 0.05) is 29.4 Å². The summed E-state index contributed by atoms with van der Waals surface area (Å²) in [7, 11) is 0. The molecule has 0 spiro atoms. The maximum absolute atomic E-state index is 9.72. The molecule has 1 heterocycles. The molecule has 3 aromatic rings. The average molecular weight is 273 g/mol. The lowest BCUT2D eigenvalue weighted by atomic mass is 10.1. The van der Waals surface area contributed by atoms with Crippen LogP contribution in [0.5, 0.6) is 11.5 Å². The summed E-state index contributed by atoms with van der Waals surface area (Å²) in [4.78, 5) is 0. The second-order valence-corrected chi connectivity index (χ2v) is 4.74. The van der Waals surface area contributed by atoms with Crippen molar-refractivity contribution in [3.63, 3.8) is 0 Å². The smallest absolute Gasteiger partial charge is 0.118 e. The first-order valence-corrected chi connectivity index (χ1v) is 6.16. The van der Waals surface area contributed by atoms with E-state index in [2.05, 4.69) is 0 Å². The van der Waals surface area contributed by atoms with Gasteiger partial charge in [-0.25, -0.2) is 0 Å². The summed E-state index contributed by atoms with van der Waals surface area (Å²) in [6.45, 7) is 0.253. The molecule has 0 bridgehead atoms. The van der Waals surface area contributed by atoms with Crippen molar-refractivity contribution in [2.75, 3.05) is 18.1 Å². The highest BCUT2D eigenvalue weighted by Gasteiger charge is 2.16. The van der Waals surface area contributed by atoms with Gasteiger partial charge in [-0.2, -0.15) is 0 Å². The number of aromatic hydroxyl groups is 2. The van der Waals surface area contributed by atoms with Crippen LogP contribution in [0.1, 0.15) is 0 Å². The van der Waals surface area contributed by atoms with E-state index >= 15 is 0 Å². The van der Waals surface area contributed by atoms with Gasteiger partial charge < -0.3 is 31.4 Å². The van der Waals surface area contributed by atoms with Crippen molar-refractivity contribution in [1.82, 2.24) is 4.57 Å². The van der Waals surface area contributed by atoms with E-state index in [0.29, 0.717) is 39.7 Å². The number of anilines is 2. The molecule has 0 saturated carbocycles. The molecule has 0 fully saturated rings. The summed E-state index contributed by atoms with van der Waals surface area (Å²) < 4.78 is 1.80. The number of benzene rings is 2. The highest BCUT2D eigenvalue weighted by atomic mass is 16.3. The molecule has 0 aliphatic heterocycles. The molecule has 6 nitrogen and oxygen atoms in total. The first-order chi connectivity index (χ1) is 9.52. The van der Waals surface area contributed by atoms with Crippen molar-refractivity contribution in [2.24, 2.45) is 0 Å². The van der Waals surface area contributed by atoms with Crippen molar-refractivity contribution < 1.29 is 15.3 Å². The molecule has 0 amide bonds. The van der Waals surface area contributed by atoms with Crippen LogP contribution in [0.3, 0.4) is 0 Å². The molecule has 0 aliphatic rings. The van der Waals surface area contributed by atoms with Crippen molar-refractivity contribution in [3.8, 4) is 11.5 Å². The third kappa shape index (κ3) is 1.62. The lowest BCUT2D eigenvalue weighted by Gasteiger charge is -2.08. The molecule has 20 heavy (non-hydrogen) atoms. The lowest BCUT2D eigenvalue weighted by Crippen LogP contribution is -2.04. The summed E-state index contributed by atoms with van der Waals surface area (Å²) >= 11 is 0. The summed E-state index contributed by atoms with van der Waals surface area (Å²) in [5, 5.41) is 30.1. The Morgan fingerprint density at radius 1 is 0.850 bits per heavy atom. The number of rotatable bonds is 2. The minimum absolute atomic E-state index is 0.0416. The molecular formula is C14H15N3O3. The second kappa shape index (κ2) is 4.21. The largest absolute Gasteiger partial charge is 0.508 e. The number of phenols is 2. The van der Waals surface area contributed by atoms with E-state index in [1.54, 1.807) is 16.7 Å². The minimum atomic E-state index is -0.0699. The number of aliphatic hydroxyl groups is 1. The van der Waals surface area contributed by atoms with Gasteiger partial charge in [-0.15, -0.1) is 0 Å². The lowest BCUT2D eigenvalue weighted by molar-refractivity contribution is 0.280. The number of fused-ring (bicyclic) bond motifs is 3. The minimum Gasteiger partial charge on any atom is -0.508 e. The molecule has 1 aromatic heterocycles. The number of nitrogen functional groups attached to an aromatic ring is 2. The quantitative estimate of drug-likeness (QED) is 0.452. The third-order valence-corrected chi connectivity index (χ3v) is 3.40. The normalized spacial score (nSPS) is 11.4. The van der Waals surface area contributed by atoms with E-state index < -0.39 is 0 Å². The van der Waals surface area contributed by atoms with Crippen LogP contribution in [0.15, 0.2) is 24.3 Å². The van der Waals surface area contributed by atoms with Gasteiger partial charge >= 0.3 is 0 Å². The maximum Gasteiger partial charge on any atom is 0.118 e. The van der Waals surface area contributed by atoms with E-state index in [0.717, 1.165) is 0 Å². The molecule has 104 valence electrons. The van der Waals surface area contributed by atoms with Gasteiger partial charge in [0.2, 0.25) is 0 Å². The first kappa shape index (κ1) is 12.4. The van der Waals surface area contributed by atoms with Crippen LogP contribution < -0.4 is 11.5 Å². The van der Waals surface area contributed by atoms with Crippen LogP contribution in [-0.4, -0.2) is 26.5 Å². The van der Waals surface area contributed by atoms with Crippen molar-refractivity contribution in [2.45, 2.75) is 6.54 Å². The van der Waals surface area contributed by atoms with Gasteiger partial charge in [-0.1, -0.05) is 0 Å². The zero-order valence-electron chi connectivity index (χ0n) is 10.7. The fourth-order valence-corrected chi connectivity index (χ4v) is 2.73. The number of hydrogen-bond donors (Lipinski definition) is 5. The number of hydrogen-bond acceptors (Lipinski definition) is 5. The van der Waals surface area contributed by atoms with Gasteiger partial charge in [0.25, 0.3) is 0 Å². The Bertz CT molecular complexity index is 758. The zero-order chi connectivity index (χ0) is 14.4. The molecular weight excluding hydrogens is 258 g/mol. The van der Waals surface area contributed by atoms with Crippen LogP contribution in [0.25, 0.3) is 21.8 Å². The molecule has 2 aromatic carbocycles. The first-order valence-electron chi connectivity index (χ1n) is 6.16. The van der Waals surface area contributed by atoms with Crippen LogP contribution in [0, 0.1) is 0 Å². The number of nitrogens with two attached hydrogens (primary N) is 2. The third-order valence-electron chi connectivity index (χ3n) is 3.40.